The number of rotatable bonds is 11. The van der Waals surface area contributed by atoms with Crippen LogP contribution in [0.1, 0.15) is 30.0 Å². The van der Waals surface area contributed by atoms with Gasteiger partial charge in [-0.15, -0.1) is 0 Å². The molecule has 202 valence electrons. The molecule has 1 unspecified atom stereocenters. The van der Waals surface area contributed by atoms with E-state index in [0.717, 1.165) is 15.4 Å². The van der Waals surface area contributed by atoms with Crippen molar-refractivity contribution < 1.29 is 18.0 Å². The lowest BCUT2D eigenvalue weighted by Crippen LogP contribution is -2.52. The first kappa shape index (κ1) is 29.2. The van der Waals surface area contributed by atoms with Gasteiger partial charge in [0, 0.05) is 18.6 Å². The monoisotopic (exact) mass is 555 g/mol. The lowest BCUT2D eigenvalue weighted by atomic mass is 10.1. The first-order chi connectivity index (χ1) is 18.1. The summed E-state index contributed by atoms with van der Waals surface area (Å²) in [5.41, 5.74) is 2.76. The Kier molecular flexibility index (Phi) is 9.94. The highest BCUT2D eigenvalue weighted by Gasteiger charge is 2.33. The van der Waals surface area contributed by atoms with Crippen LogP contribution in [0.5, 0.6) is 0 Å². The Hall–Kier alpha value is -3.36. The number of carbonyl (C=O) groups is 2. The van der Waals surface area contributed by atoms with Crippen molar-refractivity contribution in [3.63, 3.8) is 0 Å². The Morgan fingerprint density at radius 2 is 1.61 bits per heavy atom. The average molecular weight is 556 g/mol. The van der Waals surface area contributed by atoms with Crippen molar-refractivity contribution in [3.05, 3.63) is 94.5 Å². The predicted octanol–water partition coefficient (Wildman–Crippen LogP) is 4.75. The van der Waals surface area contributed by atoms with Crippen LogP contribution in [0.3, 0.4) is 0 Å². The molecule has 0 saturated heterocycles. The maximum atomic E-state index is 13.9. The number of hydrogen-bond donors (Lipinski definition) is 1. The number of hydrogen-bond acceptors (Lipinski definition) is 4. The molecular weight excluding hydrogens is 522 g/mol. The second-order valence-corrected chi connectivity index (χ2v) is 11.3. The van der Waals surface area contributed by atoms with E-state index in [4.69, 9.17) is 11.6 Å². The van der Waals surface area contributed by atoms with Crippen LogP contribution in [0.4, 0.5) is 5.69 Å². The van der Waals surface area contributed by atoms with Gasteiger partial charge in [0.2, 0.25) is 11.8 Å². The molecule has 3 aromatic carbocycles. The highest BCUT2D eigenvalue weighted by atomic mass is 35.5. The highest BCUT2D eigenvalue weighted by molar-refractivity contribution is 7.92. The zero-order valence-corrected chi connectivity index (χ0v) is 23.7. The van der Waals surface area contributed by atoms with Crippen molar-refractivity contribution in [2.45, 2.75) is 44.6 Å². The van der Waals surface area contributed by atoms with Crippen molar-refractivity contribution in [1.82, 2.24) is 10.2 Å². The van der Waals surface area contributed by atoms with Crippen LogP contribution in [0.25, 0.3) is 0 Å². The van der Waals surface area contributed by atoms with Crippen LogP contribution in [-0.4, -0.2) is 51.3 Å². The third kappa shape index (κ3) is 6.74. The van der Waals surface area contributed by atoms with Gasteiger partial charge in [0.25, 0.3) is 10.0 Å². The van der Waals surface area contributed by atoms with Crippen molar-refractivity contribution in [2.75, 3.05) is 24.4 Å². The molecule has 0 fully saturated rings. The Balaban J connectivity index is 2.05. The predicted molar refractivity (Wildman–Crippen MR) is 152 cm³/mol. The second kappa shape index (κ2) is 12.9. The number of aryl methyl sites for hydroxylation is 1. The number of carbonyl (C=O) groups excluding carboxylic acids is 2. The zero-order chi connectivity index (χ0) is 27.9. The fourth-order valence-corrected chi connectivity index (χ4v) is 5.92. The number of amides is 2. The van der Waals surface area contributed by atoms with E-state index in [0.29, 0.717) is 29.1 Å². The van der Waals surface area contributed by atoms with E-state index in [1.165, 1.54) is 24.1 Å². The van der Waals surface area contributed by atoms with Gasteiger partial charge in [-0.3, -0.25) is 13.9 Å². The molecule has 0 spiro atoms. The van der Waals surface area contributed by atoms with Crippen molar-refractivity contribution in [1.29, 1.82) is 0 Å². The summed E-state index contributed by atoms with van der Waals surface area (Å²) in [6.07, 6.45) is 0.891. The molecule has 0 aliphatic heterocycles. The molecule has 0 saturated carbocycles. The quantitative estimate of drug-likeness (QED) is 0.370. The molecule has 0 bridgehead atoms. The van der Waals surface area contributed by atoms with E-state index in [2.05, 4.69) is 5.32 Å². The maximum Gasteiger partial charge on any atom is 0.264 e. The van der Waals surface area contributed by atoms with Crippen LogP contribution in [-0.2, 0) is 26.0 Å². The molecule has 0 radical (unpaired) electrons. The molecule has 7 nitrogen and oxygen atoms in total. The average Bonchev–Trinajstić information content (AvgIpc) is 2.91. The normalized spacial score (nSPS) is 12.0. The van der Waals surface area contributed by atoms with E-state index in [1.807, 2.05) is 44.2 Å². The number of anilines is 1. The maximum absolute atomic E-state index is 13.9. The van der Waals surface area contributed by atoms with Crippen LogP contribution in [0.15, 0.2) is 77.7 Å². The number of halogens is 1. The fraction of sp³-hybridized carbons (Fsp3) is 0.310. The minimum atomic E-state index is -4.14. The van der Waals surface area contributed by atoms with Crippen LogP contribution in [0, 0.1) is 13.8 Å². The Morgan fingerprint density at radius 3 is 2.21 bits per heavy atom. The molecule has 0 aliphatic rings. The van der Waals surface area contributed by atoms with Crippen molar-refractivity contribution >= 4 is 39.1 Å². The van der Waals surface area contributed by atoms with Gasteiger partial charge in [0.1, 0.15) is 12.6 Å². The van der Waals surface area contributed by atoms with E-state index in [-0.39, 0.29) is 17.3 Å². The topological polar surface area (TPSA) is 86.8 Å². The molecule has 1 N–H and O–H groups in total. The summed E-state index contributed by atoms with van der Waals surface area (Å²) in [6.45, 7) is 5.17. The molecule has 0 heterocycles. The van der Waals surface area contributed by atoms with E-state index >= 15 is 0 Å². The largest absolute Gasteiger partial charge is 0.357 e. The van der Waals surface area contributed by atoms with E-state index in [1.54, 1.807) is 37.3 Å². The lowest BCUT2D eigenvalue weighted by Gasteiger charge is -2.33. The first-order valence-corrected chi connectivity index (χ1v) is 14.3. The number of sulfonamides is 1. The van der Waals surface area contributed by atoms with Gasteiger partial charge in [-0.2, -0.15) is 0 Å². The molecule has 1 atom stereocenters. The summed E-state index contributed by atoms with van der Waals surface area (Å²) >= 11 is 6.35. The summed E-state index contributed by atoms with van der Waals surface area (Å²) in [7, 11) is -2.62. The molecule has 2 amide bonds. The number of benzene rings is 3. The molecule has 0 aromatic heterocycles. The Bertz CT molecular complexity index is 1360. The van der Waals surface area contributed by atoms with Gasteiger partial charge >= 0.3 is 0 Å². The van der Waals surface area contributed by atoms with Gasteiger partial charge in [0.15, 0.2) is 0 Å². The smallest absolute Gasteiger partial charge is 0.264 e. The first-order valence-electron chi connectivity index (χ1n) is 12.5. The molecule has 9 heteroatoms. The van der Waals surface area contributed by atoms with Gasteiger partial charge in [-0.1, -0.05) is 72.6 Å². The molecular formula is C29H34ClN3O4S. The highest BCUT2D eigenvalue weighted by Crippen LogP contribution is 2.31. The molecule has 0 aliphatic carbocycles. The van der Waals surface area contributed by atoms with Crippen molar-refractivity contribution in [3.8, 4) is 0 Å². The second-order valence-electron chi connectivity index (χ2n) is 9.07. The molecule has 38 heavy (non-hydrogen) atoms. The number of nitrogens with one attached hydrogen (secondary N) is 1. The fourth-order valence-electron chi connectivity index (χ4n) is 4.28. The van der Waals surface area contributed by atoms with Crippen LogP contribution < -0.4 is 9.62 Å². The van der Waals surface area contributed by atoms with E-state index in [9.17, 15) is 18.0 Å². The Morgan fingerprint density at radius 1 is 0.947 bits per heavy atom. The summed E-state index contributed by atoms with van der Waals surface area (Å²) in [5.74, 6) is -0.785. The lowest BCUT2D eigenvalue weighted by molar-refractivity contribution is -0.139. The summed E-state index contributed by atoms with van der Waals surface area (Å²) in [5, 5.41) is 3.02. The van der Waals surface area contributed by atoms with Gasteiger partial charge in [0.05, 0.1) is 10.6 Å². The number of likely N-dealkylation sites (N-methyl/N-ethyl adjacent to an activating group) is 1. The van der Waals surface area contributed by atoms with Crippen LogP contribution >= 0.6 is 11.6 Å². The van der Waals surface area contributed by atoms with Gasteiger partial charge in [-0.05, 0) is 62.1 Å². The van der Waals surface area contributed by atoms with Gasteiger partial charge in [-0.25, -0.2) is 8.42 Å². The van der Waals surface area contributed by atoms with Gasteiger partial charge < -0.3 is 10.2 Å². The summed E-state index contributed by atoms with van der Waals surface area (Å²) < 4.78 is 28.9. The SMILES string of the molecule is CCC(C(=O)NC)N(CCc1ccccc1)C(=O)CN(c1cccc(Cl)c1C)S(=O)(=O)c1ccc(C)cc1. The van der Waals surface area contributed by atoms with Crippen molar-refractivity contribution in [2.24, 2.45) is 0 Å². The standard InChI is InChI=1S/C29H34ClN3O4S/c1-5-26(29(35)31-4)32(19-18-23-10-7-6-8-11-23)28(34)20-33(27-13-9-12-25(30)22(27)3)38(36,37)24-16-14-21(2)15-17-24/h6-17,26H,5,18-20H2,1-4H3,(H,31,35). The Labute approximate surface area is 230 Å². The van der Waals surface area contributed by atoms with Crippen LogP contribution in [0.2, 0.25) is 5.02 Å². The third-order valence-corrected chi connectivity index (χ3v) is 8.70. The summed E-state index contributed by atoms with van der Waals surface area (Å²) in [4.78, 5) is 28.2. The molecule has 3 rings (SSSR count). The van der Waals surface area contributed by atoms with E-state index < -0.39 is 28.5 Å². The zero-order valence-electron chi connectivity index (χ0n) is 22.1. The number of nitrogens with zero attached hydrogens (tertiary/aromatic N) is 2. The minimum Gasteiger partial charge on any atom is -0.357 e. The summed E-state index contributed by atoms with van der Waals surface area (Å²) in [6, 6.07) is 20.3. The third-order valence-electron chi connectivity index (χ3n) is 6.51. The molecule has 3 aromatic rings. The minimum absolute atomic E-state index is 0.0597.